The van der Waals surface area contributed by atoms with E-state index in [0.29, 0.717) is 47.3 Å². The first kappa shape index (κ1) is 108. The minimum atomic E-state index is -1.82. The largest absolute Gasteiger partial charge is 0.508 e. The molecule has 23 N–H and O–H groups in total. The second-order valence-electron chi connectivity index (χ2n) is 32.7. The summed E-state index contributed by atoms with van der Waals surface area (Å²) in [6.45, 7) is 15.8. The number of amides is 15. The van der Waals surface area contributed by atoms with Gasteiger partial charge in [-0.3, -0.25) is 71.9 Å². The maximum Gasteiger partial charge on any atom is 0.326 e. The van der Waals surface area contributed by atoms with E-state index in [9.17, 15) is 92.3 Å². The van der Waals surface area contributed by atoms with E-state index in [-0.39, 0.29) is 75.5 Å². The number of carboxylic acids is 1. The monoisotopic (exact) mass is 1810 g/mol. The molecule has 0 saturated carbocycles. The molecule has 0 aliphatic rings. The van der Waals surface area contributed by atoms with Crippen molar-refractivity contribution in [2.24, 2.45) is 35.1 Å². The summed E-state index contributed by atoms with van der Waals surface area (Å²) < 4.78 is 0. The third-order valence-electron chi connectivity index (χ3n) is 20.6. The van der Waals surface area contributed by atoms with E-state index in [0.717, 1.165) is 0 Å². The molecule has 0 heterocycles. The van der Waals surface area contributed by atoms with Gasteiger partial charge in [-0.15, -0.1) is 0 Å². The van der Waals surface area contributed by atoms with Gasteiger partial charge in [-0.25, -0.2) is 4.79 Å². The van der Waals surface area contributed by atoms with E-state index in [2.05, 4.69) is 92.4 Å². The van der Waals surface area contributed by atoms with Gasteiger partial charge in [0.1, 0.15) is 90.3 Å². The second kappa shape index (κ2) is 56.0. The zero-order valence-electron chi connectivity index (χ0n) is 74.2. The minimum absolute atomic E-state index is 0.0129. The normalized spacial score (nSPS) is 15.3. The van der Waals surface area contributed by atoms with Gasteiger partial charge in [0.2, 0.25) is 88.6 Å². The molecule has 0 unspecified atom stereocenters. The quantitative estimate of drug-likeness (QED) is 0.0186. The van der Waals surface area contributed by atoms with Crippen molar-refractivity contribution >= 4 is 119 Å². The third kappa shape index (κ3) is 38.5. The average molecular weight is 1810 g/mol. The Hall–Kier alpha value is -11.3. The molecule has 0 aliphatic heterocycles. The van der Waals surface area contributed by atoms with E-state index >= 15 is 4.79 Å². The molecule has 0 radical (unpaired) electrons. The van der Waals surface area contributed by atoms with Crippen LogP contribution >= 0.6 is 24.4 Å². The molecule has 4 rings (SSSR count). The Kier molecular flexibility index (Phi) is 47.7. The molecule has 4 aromatic carbocycles. The Bertz CT molecular complexity index is 4260. The van der Waals surface area contributed by atoms with Gasteiger partial charge in [0.15, 0.2) is 0 Å². The number of nitrogens with two attached hydrogens (primary N) is 2. The summed E-state index contributed by atoms with van der Waals surface area (Å²) in [7, 11) is 0. The molecule has 4 aromatic rings. The Morgan fingerprint density at radius 1 is 0.402 bits per heavy atom. The maximum atomic E-state index is 15.1. The van der Waals surface area contributed by atoms with Gasteiger partial charge in [-0.05, 0) is 136 Å². The van der Waals surface area contributed by atoms with Crippen LogP contribution < -0.4 is 91.2 Å². The van der Waals surface area contributed by atoms with Gasteiger partial charge in [-0.2, -0.15) is 24.4 Å². The van der Waals surface area contributed by atoms with Gasteiger partial charge in [-0.1, -0.05) is 165 Å². The fourth-order valence-electron chi connectivity index (χ4n) is 13.1. The maximum absolute atomic E-state index is 15.1. The number of carbonyl (C=O) groups is 16. The van der Waals surface area contributed by atoms with Crippen LogP contribution in [0.25, 0.3) is 0 Å². The summed E-state index contributed by atoms with van der Waals surface area (Å²) in [5.74, 6) is -16.4. The van der Waals surface area contributed by atoms with Gasteiger partial charge in [0.25, 0.3) is 0 Å². The first-order chi connectivity index (χ1) is 60.1. The lowest BCUT2D eigenvalue weighted by Crippen LogP contribution is -2.62. The van der Waals surface area contributed by atoms with Crippen molar-refractivity contribution in [3.05, 3.63) is 138 Å². The fraction of sp³-hybridized carbons (Fsp3) is 0.545. The van der Waals surface area contributed by atoms with E-state index in [1.165, 1.54) is 56.8 Å². The third-order valence-corrected chi connectivity index (χ3v) is 21.7. The Balaban J connectivity index is 1.54. The lowest BCUT2D eigenvalue weighted by molar-refractivity contribution is -0.143. The number of unbranched alkanes of at least 4 members (excludes halogenated alkanes) is 1. The van der Waals surface area contributed by atoms with Crippen molar-refractivity contribution < 1.29 is 97.1 Å². The highest BCUT2D eigenvalue weighted by Crippen LogP contribution is 2.18. The Morgan fingerprint density at radius 3 is 1.17 bits per heavy atom. The van der Waals surface area contributed by atoms with Crippen molar-refractivity contribution in [1.29, 1.82) is 0 Å². The summed E-state index contributed by atoms with van der Waals surface area (Å²) in [4.78, 5) is 224. The minimum Gasteiger partial charge on any atom is -0.508 e. The molecule has 0 saturated heterocycles. The molecule has 0 spiro atoms. The van der Waals surface area contributed by atoms with Crippen LogP contribution in [0.3, 0.4) is 0 Å². The predicted octanol–water partition coefficient (Wildman–Crippen LogP) is -1.00. The van der Waals surface area contributed by atoms with Crippen LogP contribution in [0.5, 0.6) is 5.75 Å². The zero-order chi connectivity index (χ0) is 94.7. The molecule has 0 bridgehead atoms. The van der Waals surface area contributed by atoms with Gasteiger partial charge in [0, 0.05) is 31.4 Å². The van der Waals surface area contributed by atoms with Crippen molar-refractivity contribution in [1.82, 2.24) is 79.8 Å². The number of aliphatic hydroxyl groups excluding tert-OH is 2. The van der Waals surface area contributed by atoms with Crippen molar-refractivity contribution in [2.75, 3.05) is 37.5 Å². The number of phenolic OH excluding ortho intramolecular Hbond substituents is 1. The number of hydrogen-bond acceptors (Lipinski definition) is 23. The molecule has 0 fully saturated rings. The molecule has 17 atom stereocenters. The first-order valence-corrected chi connectivity index (χ1v) is 44.7. The number of aliphatic carboxylic acids is 1. The number of carboxylic acid groups (broad SMARTS) is 1. The number of phenols is 1. The van der Waals surface area contributed by atoms with Crippen LogP contribution in [0.2, 0.25) is 0 Å². The number of rotatable bonds is 56. The van der Waals surface area contributed by atoms with Crippen LogP contribution in [0, 0.1) is 23.7 Å². The van der Waals surface area contributed by atoms with E-state index in [1.54, 1.807) is 146 Å². The van der Waals surface area contributed by atoms with Crippen LogP contribution in [0.15, 0.2) is 115 Å². The zero-order valence-corrected chi connectivity index (χ0v) is 75.9. The second-order valence-corrected chi connectivity index (χ2v) is 34.0. The molecular formula is C88H131N17O20S2. The van der Waals surface area contributed by atoms with Crippen molar-refractivity contribution in [3.63, 3.8) is 0 Å². The topological polar surface area (TPSA) is 587 Å². The number of aromatic hydroxyl groups is 1. The lowest BCUT2D eigenvalue weighted by atomic mass is 9.97. The molecular weight excluding hydrogens is 1680 g/mol. The van der Waals surface area contributed by atoms with Crippen molar-refractivity contribution in [3.8, 4) is 5.75 Å². The average Bonchev–Trinajstić information content (AvgIpc) is 0.841. The molecule has 127 heavy (non-hydrogen) atoms. The summed E-state index contributed by atoms with van der Waals surface area (Å²) in [6, 6.07) is 10.2. The number of benzene rings is 4. The highest BCUT2D eigenvalue weighted by Gasteiger charge is 2.40. The van der Waals surface area contributed by atoms with E-state index in [1.807, 2.05) is 6.26 Å². The molecule has 37 nitrogen and oxygen atoms in total. The van der Waals surface area contributed by atoms with Crippen molar-refractivity contribution in [2.45, 2.75) is 244 Å². The molecule has 15 amide bonds. The number of aliphatic hydroxyl groups is 2. The van der Waals surface area contributed by atoms with Crippen LogP contribution in [-0.4, -0.2) is 249 Å². The SMILES string of the molecule is CC[C@H](C)[C@H](NC(=O)[C@H](CS)NC(=O)[C@H](C)NC(=O)[C@@H](NC(=O)[C@H](CC(C)C)NC(=O)[C@H](Cc1ccccc1)NC(=O)[C@H](Cc1ccc(O)cc1)NC(=O)[C@H](Cc1ccccc1)NC(=O)[C@H](C)NC(=O)[C@H](Cc1ccccc1)NC(=O)[C@@H](N)CCSC)[C@@H](C)O)C(=O)N[C@@H](CO)C(=O)N[C@@H](CC(C)C)C(=O)N[C@@H](CCCCN)C(=O)NCC(=O)N[C@H](C(=O)O)C(C)C. The van der Waals surface area contributed by atoms with Crippen LogP contribution in [0.1, 0.15) is 143 Å². The summed E-state index contributed by atoms with van der Waals surface area (Å²) >= 11 is 5.78. The predicted molar refractivity (Wildman–Crippen MR) is 481 cm³/mol. The molecule has 0 aliphatic carbocycles. The van der Waals surface area contributed by atoms with Gasteiger partial charge in [0.05, 0.1) is 25.3 Å². The highest BCUT2D eigenvalue weighted by atomic mass is 32.2. The summed E-state index contributed by atoms with van der Waals surface area (Å²) in [5, 5.41) is 80.0. The lowest BCUT2D eigenvalue weighted by Gasteiger charge is -2.29. The van der Waals surface area contributed by atoms with E-state index < -0.39 is 222 Å². The molecule has 700 valence electrons. The number of thioether (sulfide) groups is 1. The number of nitrogens with one attached hydrogen (secondary N) is 15. The van der Waals surface area contributed by atoms with Gasteiger partial charge >= 0.3 is 5.97 Å². The fourth-order valence-corrected chi connectivity index (χ4v) is 13.8. The Morgan fingerprint density at radius 2 is 0.764 bits per heavy atom. The number of carbonyl (C=O) groups excluding carboxylic acids is 15. The number of hydrogen-bond donors (Lipinski definition) is 22. The summed E-state index contributed by atoms with van der Waals surface area (Å²) in [5.41, 5.74) is 14.1. The van der Waals surface area contributed by atoms with E-state index in [4.69, 9.17) is 11.5 Å². The first-order valence-electron chi connectivity index (χ1n) is 42.6. The highest BCUT2D eigenvalue weighted by molar-refractivity contribution is 7.98. The molecule has 0 aromatic heterocycles. The van der Waals surface area contributed by atoms with Crippen LogP contribution in [0.4, 0.5) is 0 Å². The van der Waals surface area contributed by atoms with Gasteiger partial charge < -0.3 is 112 Å². The standard InChI is InChI=1S/C88H131N17O20S2/c1-13-51(8)72(86(122)101-68(46-106)84(120)98-62(39-48(2)3)79(115)94-61(31-23-24-37-89)77(113)91-45-70(109)103-71(50(6)7)88(124)125)104-85(121)69(47-126)102-75(111)53(10)93-87(123)73(54(11)107)105-83(119)63(40-49(4)5)97-81(117)66(43-57-29-21-16-22-30-57)99-82(118)67(44-58-32-34-59(108)35-33-58)100-80(116)65(42-56-27-19-15-20-28-56)95-74(110)52(9)92-78(114)64(41-55-25-17-14-18-26-55)96-76(112)60(90)36-38-127-12/h14-22,25-30,32-35,48-54,60-69,71-73,106-108,126H,13,23-24,31,36-47,89-90H2,1-12H3,(H,91,113)(H,92,114)(H,93,123)(H,94,115)(H,95,110)(H,96,112)(H,97,117)(H,98,120)(H,99,118)(H,100,116)(H,101,122)(H,102,111)(H,103,109)(H,104,121)(H,105,119)(H,124,125)/t51-,52-,53-,54+,60-,61-,62-,63-,64-,65-,66-,67-,68-,69-,71-,72-,73-/m0/s1. The summed E-state index contributed by atoms with van der Waals surface area (Å²) in [6.07, 6.45) is 0.924. The molecule has 39 heteroatoms. The number of thiol groups is 1. The van der Waals surface area contributed by atoms with Crippen LogP contribution in [-0.2, 0) is 102 Å². The smallest absolute Gasteiger partial charge is 0.326 e. The Labute approximate surface area is 751 Å².